The molecule has 0 aromatic heterocycles. The molecule has 0 heterocycles. The van der Waals surface area contributed by atoms with Gasteiger partial charge in [-0.25, -0.2) is 0 Å². The van der Waals surface area contributed by atoms with Gasteiger partial charge in [0, 0.05) is 18.1 Å². The molecule has 0 aliphatic carbocycles. The molecule has 1 N–H and O–H groups in total. The van der Waals surface area contributed by atoms with Crippen LogP contribution in [-0.2, 0) is 16.0 Å². The van der Waals surface area contributed by atoms with Gasteiger partial charge in [0.05, 0.1) is 19.8 Å². The van der Waals surface area contributed by atoms with Gasteiger partial charge in [0.1, 0.15) is 12.4 Å². The third kappa shape index (κ3) is 5.82. The first-order valence-electron chi connectivity index (χ1n) is 5.90. The van der Waals surface area contributed by atoms with Crippen LogP contribution >= 0.6 is 15.9 Å². The Morgan fingerprint density at radius 1 is 1.17 bits per heavy atom. The average molecular weight is 318 g/mol. The van der Waals surface area contributed by atoms with Gasteiger partial charge < -0.3 is 19.5 Å². The Bertz CT molecular complexity index is 347. The molecule has 0 fully saturated rings. The van der Waals surface area contributed by atoms with Gasteiger partial charge in [0.25, 0.3) is 0 Å². The molecule has 0 aliphatic rings. The Morgan fingerprint density at radius 3 is 2.67 bits per heavy atom. The van der Waals surface area contributed by atoms with Crippen molar-refractivity contribution in [2.24, 2.45) is 0 Å². The largest absolute Gasteiger partial charge is 0.491 e. The van der Waals surface area contributed by atoms with Gasteiger partial charge in [-0.2, -0.15) is 0 Å². The minimum absolute atomic E-state index is 0.546. The lowest BCUT2D eigenvalue weighted by Crippen LogP contribution is -2.10. The van der Waals surface area contributed by atoms with Gasteiger partial charge in [0.2, 0.25) is 0 Å². The summed E-state index contributed by atoms with van der Waals surface area (Å²) in [7, 11) is 3.58. The molecule has 0 saturated carbocycles. The zero-order valence-corrected chi connectivity index (χ0v) is 12.5. The van der Waals surface area contributed by atoms with Crippen LogP contribution in [0.15, 0.2) is 22.7 Å². The molecular formula is C13H20BrNO3. The van der Waals surface area contributed by atoms with E-state index in [0.717, 1.165) is 16.8 Å². The van der Waals surface area contributed by atoms with Crippen molar-refractivity contribution in [1.82, 2.24) is 5.32 Å². The Morgan fingerprint density at radius 2 is 1.94 bits per heavy atom. The third-order valence-corrected chi connectivity index (χ3v) is 3.09. The molecular weight excluding hydrogens is 298 g/mol. The first kappa shape index (κ1) is 15.4. The van der Waals surface area contributed by atoms with E-state index >= 15 is 0 Å². The van der Waals surface area contributed by atoms with Crippen molar-refractivity contribution in [3.8, 4) is 5.75 Å². The lowest BCUT2D eigenvalue weighted by atomic mass is 10.2. The van der Waals surface area contributed by atoms with Crippen molar-refractivity contribution < 1.29 is 14.2 Å². The molecule has 1 aromatic carbocycles. The maximum absolute atomic E-state index is 5.61. The summed E-state index contributed by atoms with van der Waals surface area (Å²) < 4.78 is 16.9. The predicted octanol–water partition coefficient (Wildman–Crippen LogP) is 2.21. The van der Waals surface area contributed by atoms with E-state index in [1.54, 1.807) is 7.11 Å². The number of benzene rings is 1. The van der Waals surface area contributed by atoms with Gasteiger partial charge >= 0.3 is 0 Å². The van der Waals surface area contributed by atoms with E-state index in [-0.39, 0.29) is 0 Å². The summed E-state index contributed by atoms with van der Waals surface area (Å²) in [6.45, 7) is 3.14. The van der Waals surface area contributed by atoms with Crippen LogP contribution in [0.2, 0.25) is 0 Å². The van der Waals surface area contributed by atoms with E-state index in [0.29, 0.717) is 26.4 Å². The van der Waals surface area contributed by atoms with Crippen LogP contribution in [0.25, 0.3) is 0 Å². The fraction of sp³-hybridized carbons (Fsp3) is 0.538. The van der Waals surface area contributed by atoms with Crippen LogP contribution in [0.4, 0.5) is 0 Å². The summed E-state index contributed by atoms with van der Waals surface area (Å²) in [5.41, 5.74) is 1.18. The number of nitrogens with one attached hydrogen (secondary N) is 1. The maximum atomic E-state index is 5.61. The minimum atomic E-state index is 0.546. The molecule has 0 aliphatic heterocycles. The molecule has 0 saturated heterocycles. The van der Waals surface area contributed by atoms with Crippen LogP contribution in [0.5, 0.6) is 5.75 Å². The topological polar surface area (TPSA) is 39.7 Å². The Balaban J connectivity index is 2.31. The third-order valence-electron chi connectivity index (χ3n) is 2.31. The molecule has 102 valence electrons. The highest BCUT2D eigenvalue weighted by Crippen LogP contribution is 2.22. The second kappa shape index (κ2) is 9.33. The second-order valence-electron chi connectivity index (χ2n) is 3.74. The van der Waals surface area contributed by atoms with E-state index in [4.69, 9.17) is 14.2 Å². The number of halogens is 1. The van der Waals surface area contributed by atoms with Gasteiger partial charge in [0.15, 0.2) is 0 Å². The number of methoxy groups -OCH3 is 1. The molecule has 0 radical (unpaired) electrons. The Kier molecular flexibility index (Phi) is 8.00. The first-order valence-corrected chi connectivity index (χ1v) is 6.69. The standard InChI is InChI=1S/C13H20BrNO3/c1-15-10-11-9-12(3-4-13(11)14)18-8-7-17-6-5-16-2/h3-4,9,15H,5-8,10H2,1-2H3. The highest BCUT2D eigenvalue weighted by molar-refractivity contribution is 9.10. The average Bonchev–Trinajstić information content (AvgIpc) is 2.37. The van der Waals surface area contributed by atoms with Crippen LogP contribution in [0.3, 0.4) is 0 Å². The van der Waals surface area contributed by atoms with E-state index in [1.165, 1.54) is 5.56 Å². The number of hydrogen-bond acceptors (Lipinski definition) is 4. The summed E-state index contributed by atoms with van der Waals surface area (Å²) in [5.74, 6) is 0.860. The van der Waals surface area contributed by atoms with Crippen LogP contribution in [0, 0.1) is 0 Å². The number of hydrogen-bond donors (Lipinski definition) is 1. The predicted molar refractivity (Wildman–Crippen MR) is 75.1 cm³/mol. The van der Waals surface area contributed by atoms with Gasteiger partial charge in [-0.3, -0.25) is 0 Å². The molecule has 18 heavy (non-hydrogen) atoms. The summed E-state index contributed by atoms with van der Waals surface area (Å²) in [5, 5.41) is 3.12. The monoisotopic (exact) mass is 317 g/mol. The smallest absolute Gasteiger partial charge is 0.119 e. The molecule has 1 rings (SSSR count). The summed E-state index contributed by atoms with van der Waals surface area (Å²) in [4.78, 5) is 0. The number of ether oxygens (including phenoxy) is 3. The molecule has 4 nitrogen and oxygen atoms in total. The lowest BCUT2D eigenvalue weighted by Gasteiger charge is -2.10. The van der Waals surface area contributed by atoms with Gasteiger partial charge in [-0.15, -0.1) is 0 Å². The zero-order chi connectivity index (χ0) is 13.2. The quantitative estimate of drug-likeness (QED) is 0.709. The highest BCUT2D eigenvalue weighted by Gasteiger charge is 2.01. The zero-order valence-electron chi connectivity index (χ0n) is 10.9. The van der Waals surface area contributed by atoms with Crippen molar-refractivity contribution in [3.05, 3.63) is 28.2 Å². The molecule has 1 aromatic rings. The van der Waals surface area contributed by atoms with E-state index in [9.17, 15) is 0 Å². The van der Waals surface area contributed by atoms with Crippen molar-refractivity contribution in [2.45, 2.75) is 6.54 Å². The second-order valence-corrected chi connectivity index (χ2v) is 4.59. The summed E-state index contributed by atoms with van der Waals surface area (Å²) in [6.07, 6.45) is 0. The highest BCUT2D eigenvalue weighted by atomic mass is 79.9. The van der Waals surface area contributed by atoms with Crippen molar-refractivity contribution in [2.75, 3.05) is 40.6 Å². The first-order chi connectivity index (χ1) is 8.77. The fourth-order valence-electron chi connectivity index (χ4n) is 1.43. The lowest BCUT2D eigenvalue weighted by molar-refractivity contribution is 0.0544. The molecule has 0 bridgehead atoms. The van der Waals surface area contributed by atoms with Crippen LogP contribution in [0.1, 0.15) is 5.56 Å². The molecule has 0 amide bonds. The number of rotatable bonds is 9. The Hall–Kier alpha value is -0.620. The molecule has 5 heteroatoms. The van der Waals surface area contributed by atoms with Gasteiger partial charge in [-0.05, 0) is 30.8 Å². The molecule has 0 atom stereocenters. The van der Waals surface area contributed by atoms with Crippen molar-refractivity contribution in [1.29, 1.82) is 0 Å². The van der Waals surface area contributed by atoms with Crippen molar-refractivity contribution in [3.63, 3.8) is 0 Å². The maximum Gasteiger partial charge on any atom is 0.119 e. The fourth-order valence-corrected chi connectivity index (χ4v) is 1.82. The Labute approximate surface area is 117 Å². The summed E-state index contributed by atoms with van der Waals surface area (Å²) in [6, 6.07) is 5.96. The normalized spacial score (nSPS) is 10.6. The van der Waals surface area contributed by atoms with Crippen LogP contribution in [-0.4, -0.2) is 40.6 Å². The van der Waals surface area contributed by atoms with E-state index in [2.05, 4.69) is 21.2 Å². The SMILES string of the molecule is CNCc1cc(OCCOCCOC)ccc1Br. The van der Waals surface area contributed by atoms with E-state index in [1.807, 2.05) is 25.2 Å². The van der Waals surface area contributed by atoms with Gasteiger partial charge in [-0.1, -0.05) is 15.9 Å². The molecule has 0 unspecified atom stereocenters. The van der Waals surface area contributed by atoms with E-state index < -0.39 is 0 Å². The minimum Gasteiger partial charge on any atom is -0.491 e. The van der Waals surface area contributed by atoms with Crippen molar-refractivity contribution >= 4 is 15.9 Å². The summed E-state index contributed by atoms with van der Waals surface area (Å²) >= 11 is 3.51. The molecule has 0 spiro atoms. The van der Waals surface area contributed by atoms with Crippen LogP contribution < -0.4 is 10.1 Å².